The van der Waals surface area contributed by atoms with Crippen molar-refractivity contribution in [3.05, 3.63) is 33.9 Å². The van der Waals surface area contributed by atoms with Gasteiger partial charge < -0.3 is 14.7 Å². The minimum absolute atomic E-state index is 0.0896. The van der Waals surface area contributed by atoms with Gasteiger partial charge in [0.1, 0.15) is 0 Å². The number of ether oxygens (including phenoxy) is 1. The molecule has 0 atom stereocenters. The second kappa shape index (κ2) is 6.69. The summed E-state index contributed by atoms with van der Waals surface area (Å²) in [6, 6.07) is 3.86. The van der Waals surface area contributed by atoms with Crippen LogP contribution in [-0.2, 0) is 4.74 Å². The first-order chi connectivity index (χ1) is 8.99. The summed E-state index contributed by atoms with van der Waals surface area (Å²) in [4.78, 5) is 23.3. The fourth-order valence-electron chi connectivity index (χ4n) is 1.50. The zero-order chi connectivity index (χ0) is 14.4. The van der Waals surface area contributed by atoms with E-state index in [9.17, 15) is 20.0 Å². The van der Waals surface area contributed by atoms with Crippen LogP contribution in [0.25, 0.3) is 0 Å². The Labute approximate surface area is 110 Å². The van der Waals surface area contributed by atoms with Gasteiger partial charge >= 0.3 is 5.69 Å². The average Bonchev–Trinajstić information content (AvgIpc) is 2.38. The normalized spacial score (nSPS) is 10.2. The van der Waals surface area contributed by atoms with Crippen molar-refractivity contribution in [2.24, 2.45) is 0 Å². The van der Waals surface area contributed by atoms with Crippen LogP contribution >= 0.6 is 0 Å². The quantitative estimate of drug-likeness (QED) is 0.478. The molecule has 0 heterocycles. The number of phenols is 1. The van der Waals surface area contributed by atoms with Crippen LogP contribution in [0.1, 0.15) is 17.3 Å². The van der Waals surface area contributed by atoms with Crippen molar-refractivity contribution < 1.29 is 19.6 Å². The maximum absolute atomic E-state index is 12.0. The summed E-state index contributed by atoms with van der Waals surface area (Å²) in [7, 11) is 1.54. The van der Waals surface area contributed by atoms with Gasteiger partial charge in [-0.3, -0.25) is 14.9 Å². The number of amides is 1. The highest BCUT2D eigenvalue weighted by molar-refractivity contribution is 5.97. The zero-order valence-electron chi connectivity index (χ0n) is 10.8. The van der Waals surface area contributed by atoms with E-state index >= 15 is 0 Å². The predicted octanol–water partition coefficient (Wildman–Crippen LogP) is 1.41. The number of hydrogen-bond donors (Lipinski definition) is 1. The number of phenolic OH excluding ortho intramolecular Hbond substituents is 1. The van der Waals surface area contributed by atoms with E-state index in [1.54, 1.807) is 7.05 Å². The lowest BCUT2D eigenvalue weighted by atomic mass is 10.1. The number of para-hydroxylation sites is 1. The molecule has 0 fully saturated rings. The number of carbonyl (C=O) groups excluding carboxylic acids is 1. The molecule has 1 aromatic carbocycles. The summed E-state index contributed by atoms with van der Waals surface area (Å²) in [5.74, 6) is -1.10. The molecule has 19 heavy (non-hydrogen) atoms. The Balaban J connectivity index is 2.88. The maximum atomic E-state index is 12.0. The highest BCUT2D eigenvalue weighted by Gasteiger charge is 2.22. The largest absolute Gasteiger partial charge is 0.502 e. The fraction of sp³-hybridized carbons (Fsp3) is 0.417. The van der Waals surface area contributed by atoms with E-state index in [0.29, 0.717) is 19.8 Å². The Kier molecular flexibility index (Phi) is 5.25. The van der Waals surface area contributed by atoms with Crippen molar-refractivity contribution in [3.63, 3.8) is 0 Å². The SMILES string of the molecule is CCOCCN(C)C(=O)c1cccc([N+](=O)[O-])c1O. The first kappa shape index (κ1) is 14.9. The summed E-state index contributed by atoms with van der Waals surface area (Å²) >= 11 is 0. The van der Waals surface area contributed by atoms with Crippen LogP contribution in [0.5, 0.6) is 5.75 Å². The van der Waals surface area contributed by atoms with E-state index in [4.69, 9.17) is 4.74 Å². The minimum Gasteiger partial charge on any atom is -0.502 e. The highest BCUT2D eigenvalue weighted by atomic mass is 16.6. The molecule has 1 N–H and O–H groups in total. The predicted molar refractivity (Wildman–Crippen MR) is 68.2 cm³/mol. The van der Waals surface area contributed by atoms with Gasteiger partial charge in [0.25, 0.3) is 5.91 Å². The first-order valence-corrected chi connectivity index (χ1v) is 5.78. The molecule has 7 nitrogen and oxygen atoms in total. The van der Waals surface area contributed by atoms with Crippen molar-refractivity contribution in [2.75, 3.05) is 26.8 Å². The van der Waals surface area contributed by atoms with Gasteiger partial charge in [0, 0.05) is 26.3 Å². The second-order valence-electron chi connectivity index (χ2n) is 3.85. The van der Waals surface area contributed by atoms with Gasteiger partial charge in [0.2, 0.25) is 5.75 Å². The van der Waals surface area contributed by atoms with E-state index in [-0.39, 0.29) is 5.56 Å². The Bertz CT molecular complexity index is 475. The molecular formula is C12H16N2O5. The van der Waals surface area contributed by atoms with Crippen molar-refractivity contribution >= 4 is 11.6 Å². The molecule has 0 aliphatic heterocycles. The van der Waals surface area contributed by atoms with Crippen LogP contribution in [-0.4, -0.2) is 47.6 Å². The van der Waals surface area contributed by atoms with Crippen molar-refractivity contribution in [1.82, 2.24) is 4.90 Å². The molecule has 0 unspecified atom stereocenters. The molecule has 1 rings (SSSR count). The number of benzene rings is 1. The number of aromatic hydroxyl groups is 1. The van der Waals surface area contributed by atoms with Gasteiger partial charge in [0.15, 0.2) is 0 Å². The molecular weight excluding hydrogens is 252 g/mol. The minimum atomic E-state index is -0.730. The third kappa shape index (κ3) is 3.65. The third-order valence-electron chi connectivity index (χ3n) is 2.56. The number of hydrogen-bond acceptors (Lipinski definition) is 5. The Hall–Kier alpha value is -2.15. The lowest BCUT2D eigenvalue weighted by molar-refractivity contribution is -0.385. The van der Waals surface area contributed by atoms with Crippen LogP contribution in [0.4, 0.5) is 5.69 Å². The number of nitro benzene ring substituents is 1. The fourth-order valence-corrected chi connectivity index (χ4v) is 1.50. The standard InChI is InChI=1S/C12H16N2O5/c1-3-19-8-7-13(2)12(16)9-5-4-6-10(11(9)15)14(17)18/h4-6,15H,3,7-8H2,1-2H3. The molecule has 0 aliphatic rings. The summed E-state index contributed by atoms with van der Waals surface area (Å²) in [5.41, 5.74) is -0.572. The smallest absolute Gasteiger partial charge is 0.311 e. The van der Waals surface area contributed by atoms with Gasteiger partial charge in [-0.05, 0) is 13.0 Å². The van der Waals surface area contributed by atoms with Gasteiger partial charge in [0.05, 0.1) is 17.1 Å². The van der Waals surface area contributed by atoms with E-state index in [2.05, 4.69) is 0 Å². The first-order valence-electron chi connectivity index (χ1n) is 5.78. The lowest BCUT2D eigenvalue weighted by Gasteiger charge is -2.17. The van der Waals surface area contributed by atoms with Crippen LogP contribution in [0.15, 0.2) is 18.2 Å². The molecule has 0 saturated heterocycles. The van der Waals surface area contributed by atoms with Gasteiger partial charge in [-0.1, -0.05) is 6.07 Å². The molecule has 0 aromatic heterocycles. The topological polar surface area (TPSA) is 92.9 Å². The number of carbonyl (C=O) groups is 1. The summed E-state index contributed by atoms with van der Waals surface area (Å²) < 4.78 is 5.12. The summed E-state index contributed by atoms with van der Waals surface area (Å²) in [6.45, 7) is 3.10. The van der Waals surface area contributed by atoms with Crippen molar-refractivity contribution in [2.45, 2.75) is 6.92 Å². The lowest BCUT2D eigenvalue weighted by Crippen LogP contribution is -2.30. The molecule has 0 saturated carbocycles. The Morgan fingerprint density at radius 1 is 1.53 bits per heavy atom. The monoisotopic (exact) mass is 268 g/mol. The summed E-state index contributed by atoms with van der Waals surface area (Å²) in [6.07, 6.45) is 0. The highest BCUT2D eigenvalue weighted by Crippen LogP contribution is 2.29. The van der Waals surface area contributed by atoms with Crippen LogP contribution in [0, 0.1) is 10.1 Å². The van der Waals surface area contributed by atoms with E-state index in [1.807, 2.05) is 6.92 Å². The second-order valence-corrected chi connectivity index (χ2v) is 3.85. The van der Waals surface area contributed by atoms with Crippen molar-refractivity contribution in [1.29, 1.82) is 0 Å². The number of likely N-dealkylation sites (N-methyl/N-ethyl adjacent to an activating group) is 1. The molecule has 0 aliphatic carbocycles. The van der Waals surface area contributed by atoms with E-state index in [1.165, 1.54) is 17.0 Å². The molecule has 0 spiro atoms. The van der Waals surface area contributed by atoms with Gasteiger partial charge in [-0.25, -0.2) is 0 Å². The van der Waals surface area contributed by atoms with E-state index in [0.717, 1.165) is 6.07 Å². The molecule has 1 amide bonds. The van der Waals surface area contributed by atoms with Crippen LogP contribution in [0.2, 0.25) is 0 Å². The summed E-state index contributed by atoms with van der Waals surface area (Å²) in [5, 5.41) is 20.4. The Morgan fingerprint density at radius 2 is 2.21 bits per heavy atom. The average molecular weight is 268 g/mol. The number of nitro groups is 1. The van der Waals surface area contributed by atoms with Crippen LogP contribution in [0.3, 0.4) is 0 Å². The molecule has 7 heteroatoms. The molecule has 1 aromatic rings. The Morgan fingerprint density at radius 3 is 2.79 bits per heavy atom. The van der Waals surface area contributed by atoms with Gasteiger partial charge in [-0.2, -0.15) is 0 Å². The molecule has 0 radical (unpaired) electrons. The molecule has 104 valence electrons. The zero-order valence-corrected chi connectivity index (χ0v) is 10.8. The number of nitrogens with zero attached hydrogens (tertiary/aromatic N) is 2. The van der Waals surface area contributed by atoms with Crippen LogP contribution < -0.4 is 0 Å². The maximum Gasteiger partial charge on any atom is 0.311 e. The van der Waals surface area contributed by atoms with Crippen molar-refractivity contribution in [3.8, 4) is 5.75 Å². The van der Waals surface area contributed by atoms with E-state index < -0.39 is 22.3 Å². The molecule has 0 bridgehead atoms. The van der Waals surface area contributed by atoms with Gasteiger partial charge in [-0.15, -0.1) is 0 Å². The third-order valence-corrected chi connectivity index (χ3v) is 2.56. The number of rotatable bonds is 6.